The number of aromatic hydroxyl groups is 1. The van der Waals surface area contributed by atoms with E-state index in [1.54, 1.807) is 0 Å². The molecule has 1 aromatic heterocycles. The van der Waals surface area contributed by atoms with E-state index in [4.69, 9.17) is 4.98 Å². The van der Waals surface area contributed by atoms with Crippen molar-refractivity contribution in [3.8, 4) is 5.75 Å². The number of likely N-dealkylation sites (tertiary alicyclic amines) is 2. The van der Waals surface area contributed by atoms with Crippen molar-refractivity contribution in [3.63, 3.8) is 0 Å². The molecule has 6 nitrogen and oxygen atoms in total. The van der Waals surface area contributed by atoms with Gasteiger partial charge >= 0.3 is 0 Å². The summed E-state index contributed by atoms with van der Waals surface area (Å²) in [4.78, 5) is 14.2. The Kier molecular flexibility index (Phi) is 6.97. The summed E-state index contributed by atoms with van der Waals surface area (Å²) in [5.41, 5.74) is 3.83. The van der Waals surface area contributed by atoms with E-state index in [0.29, 0.717) is 11.7 Å². The molecule has 0 saturated carbocycles. The summed E-state index contributed by atoms with van der Waals surface area (Å²) in [6.07, 6.45) is 6.76. The smallest absolute Gasteiger partial charge is 0.227 e. The van der Waals surface area contributed by atoms with Crippen LogP contribution < -0.4 is 5.32 Å². The molecule has 2 aromatic carbocycles. The first-order chi connectivity index (χ1) is 16.5. The van der Waals surface area contributed by atoms with Gasteiger partial charge in [0.25, 0.3) is 0 Å². The Labute approximate surface area is 203 Å². The van der Waals surface area contributed by atoms with Crippen LogP contribution in [0.3, 0.4) is 0 Å². The largest absolute Gasteiger partial charge is 0.507 e. The zero-order chi connectivity index (χ0) is 23.5. The summed E-state index contributed by atoms with van der Waals surface area (Å²) in [6.45, 7) is 10.6. The zero-order valence-electron chi connectivity index (χ0n) is 20.5. The molecule has 3 heterocycles. The molecule has 0 atom stereocenters. The maximum Gasteiger partial charge on any atom is 0.227 e. The van der Waals surface area contributed by atoms with Crippen LogP contribution >= 0.6 is 0 Å². The monoisotopic (exact) mass is 459 g/mol. The van der Waals surface area contributed by atoms with Gasteiger partial charge in [-0.1, -0.05) is 32.0 Å². The van der Waals surface area contributed by atoms with Gasteiger partial charge in [0, 0.05) is 41.5 Å². The minimum Gasteiger partial charge on any atom is -0.507 e. The van der Waals surface area contributed by atoms with Crippen molar-refractivity contribution in [3.05, 3.63) is 53.7 Å². The number of benzene rings is 2. The highest BCUT2D eigenvalue weighted by Gasteiger charge is 2.21. The van der Waals surface area contributed by atoms with Crippen molar-refractivity contribution in [1.82, 2.24) is 19.8 Å². The number of hydrogen-bond donors (Lipinski definition) is 2. The number of anilines is 2. The van der Waals surface area contributed by atoms with E-state index in [1.807, 2.05) is 30.5 Å². The second-order valence-corrected chi connectivity index (χ2v) is 10.4. The molecule has 2 fully saturated rings. The molecular weight excluding hydrogens is 422 g/mol. The number of piperidine rings is 2. The Balaban J connectivity index is 1.41. The van der Waals surface area contributed by atoms with Gasteiger partial charge < -0.3 is 10.4 Å². The fourth-order valence-electron chi connectivity index (χ4n) is 5.16. The molecule has 2 N–H and O–H groups in total. The van der Waals surface area contributed by atoms with Crippen molar-refractivity contribution >= 4 is 22.5 Å². The van der Waals surface area contributed by atoms with Crippen LogP contribution in [0.4, 0.5) is 11.6 Å². The average molecular weight is 460 g/mol. The van der Waals surface area contributed by atoms with Crippen molar-refractivity contribution in [2.24, 2.45) is 11.8 Å². The normalized spacial score (nSPS) is 19.0. The second-order valence-electron chi connectivity index (χ2n) is 10.4. The van der Waals surface area contributed by atoms with Gasteiger partial charge in [0.1, 0.15) is 5.75 Å². The Morgan fingerprint density at radius 2 is 1.44 bits per heavy atom. The van der Waals surface area contributed by atoms with Gasteiger partial charge in [-0.15, -0.1) is 0 Å². The van der Waals surface area contributed by atoms with Crippen LogP contribution in [0.2, 0.25) is 0 Å². The van der Waals surface area contributed by atoms with Crippen molar-refractivity contribution < 1.29 is 5.11 Å². The number of aromatic nitrogens is 2. The number of phenols is 1. The molecule has 0 aliphatic carbocycles. The lowest BCUT2D eigenvalue weighted by Crippen LogP contribution is -2.33. The third-order valence-corrected chi connectivity index (χ3v) is 7.55. The molecule has 34 heavy (non-hydrogen) atoms. The molecule has 5 rings (SSSR count). The molecule has 0 radical (unpaired) electrons. The summed E-state index contributed by atoms with van der Waals surface area (Å²) in [5.74, 6) is 2.61. The van der Waals surface area contributed by atoms with Gasteiger partial charge in [-0.3, -0.25) is 9.80 Å². The van der Waals surface area contributed by atoms with E-state index in [9.17, 15) is 5.11 Å². The molecule has 2 aliphatic heterocycles. The molecule has 6 heteroatoms. The molecule has 3 aromatic rings. The van der Waals surface area contributed by atoms with E-state index in [1.165, 1.54) is 25.7 Å². The first kappa shape index (κ1) is 23.1. The third-order valence-electron chi connectivity index (χ3n) is 7.55. The van der Waals surface area contributed by atoms with Gasteiger partial charge in [-0.05, 0) is 81.9 Å². The van der Waals surface area contributed by atoms with Gasteiger partial charge in [0.2, 0.25) is 5.95 Å². The van der Waals surface area contributed by atoms with E-state index >= 15 is 0 Å². The Morgan fingerprint density at radius 3 is 2.03 bits per heavy atom. The molecule has 2 aliphatic rings. The van der Waals surface area contributed by atoms with Crippen molar-refractivity contribution in [1.29, 1.82) is 0 Å². The Bertz CT molecular complexity index is 1070. The van der Waals surface area contributed by atoms with Crippen LogP contribution in [0.15, 0.2) is 42.6 Å². The van der Waals surface area contributed by atoms with Crippen LogP contribution in [-0.4, -0.2) is 51.1 Å². The quantitative estimate of drug-likeness (QED) is 0.472. The fourth-order valence-corrected chi connectivity index (χ4v) is 5.16. The minimum absolute atomic E-state index is 0.447. The van der Waals surface area contributed by atoms with Gasteiger partial charge in [0.05, 0.1) is 5.52 Å². The molecular formula is C28H37N5O. The number of rotatable bonds is 6. The number of phenolic OH excluding ortho intramolecular Hbond substituents is 1. The SMILES string of the molecule is CC1CCN(Cc2cc(Nc3ncc4ccccc4n3)cc(CN3CCC(C)CC3)c2O)CC1. The topological polar surface area (TPSA) is 64.5 Å². The first-order valence-electron chi connectivity index (χ1n) is 12.8. The minimum atomic E-state index is 0.447. The summed E-state index contributed by atoms with van der Waals surface area (Å²) < 4.78 is 0. The zero-order valence-corrected chi connectivity index (χ0v) is 20.5. The Hall–Kier alpha value is -2.70. The lowest BCUT2D eigenvalue weighted by Gasteiger charge is -2.32. The lowest BCUT2D eigenvalue weighted by atomic mass is 9.97. The molecule has 0 spiro atoms. The third kappa shape index (κ3) is 5.50. The molecule has 2 saturated heterocycles. The van der Waals surface area contributed by atoms with E-state index in [0.717, 1.165) is 78.8 Å². The lowest BCUT2D eigenvalue weighted by molar-refractivity contribution is 0.179. The van der Waals surface area contributed by atoms with E-state index in [-0.39, 0.29) is 0 Å². The highest BCUT2D eigenvalue weighted by atomic mass is 16.3. The van der Waals surface area contributed by atoms with Crippen LogP contribution in [0, 0.1) is 11.8 Å². The summed E-state index contributed by atoms with van der Waals surface area (Å²) in [7, 11) is 0. The predicted octanol–water partition coefficient (Wildman–Crippen LogP) is 5.54. The van der Waals surface area contributed by atoms with Crippen LogP contribution in [-0.2, 0) is 13.1 Å². The number of hydrogen-bond acceptors (Lipinski definition) is 6. The second kappa shape index (κ2) is 10.3. The number of nitrogens with one attached hydrogen (secondary N) is 1. The van der Waals surface area contributed by atoms with E-state index in [2.05, 4.69) is 46.1 Å². The summed E-state index contributed by atoms with van der Waals surface area (Å²) in [5, 5.41) is 15.7. The fraction of sp³-hybridized carbons (Fsp3) is 0.500. The average Bonchev–Trinajstić information content (AvgIpc) is 2.84. The number of nitrogens with zero attached hydrogens (tertiary/aromatic N) is 4. The highest BCUT2D eigenvalue weighted by molar-refractivity contribution is 5.79. The molecule has 0 amide bonds. The number of fused-ring (bicyclic) bond motifs is 1. The van der Waals surface area contributed by atoms with Gasteiger partial charge in [-0.25, -0.2) is 9.97 Å². The van der Waals surface area contributed by atoms with Gasteiger partial charge in [-0.2, -0.15) is 0 Å². The molecule has 0 bridgehead atoms. The molecule has 180 valence electrons. The van der Waals surface area contributed by atoms with E-state index < -0.39 is 0 Å². The Morgan fingerprint density at radius 1 is 0.882 bits per heavy atom. The van der Waals surface area contributed by atoms with Gasteiger partial charge in [0.15, 0.2) is 0 Å². The van der Waals surface area contributed by atoms with Crippen LogP contribution in [0.25, 0.3) is 10.9 Å². The highest BCUT2D eigenvalue weighted by Crippen LogP contribution is 2.32. The molecule has 0 unspecified atom stereocenters. The maximum absolute atomic E-state index is 11.3. The standard InChI is InChI=1S/C28H37N5O/c1-20-7-11-32(12-8-20)18-23-15-25(30-28-29-17-22-5-3-4-6-26(22)31-28)16-24(27(23)34)19-33-13-9-21(2)10-14-33/h3-6,15-17,20-21,34H,7-14,18-19H2,1-2H3,(H,29,30,31). The van der Waals surface area contributed by atoms with Crippen molar-refractivity contribution in [2.45, 2.75) is 52.6 Å². The van der Waals surface area contributed by atoms with Crippen LogP contribution in [0.5, 0.6) is 5.75 Å². The van der Waals surface area contributed by atoms with Crippen molar-refractivity contribution in [2.75, 3.05) is 31.5 Å². The number of para-hydroxylation sites is 1. The first-order valence-corrected chi connectivity index (χ1v) is 12.8. The maximum atomic E-state index is 11.3. The summed E-state index contributed by atoms with van der Waals surface area (Å²) in [6, 6.07) is 12.2. The predicted molar refractivity (Wildman–Crippen MR) is 138 cm³/mol. The van der Waals surface area contributed by atoms with Crippen LogP contribution in [0.1, 0.15) is 50.7 Å². The summed E-state index contributed by atoms with van der Waals surface area (Å²) >= 11 is 0.